The van der Waals surface area contributed by atoms with Crippen LogP contribution in [0.25, 0.3) is 0 Å². The third-order valence-corrected chi connectivity index (χ3v) is 7.06. The van der Waals surface area contributed by atoms with Gasteiger partial charge in [-0.3, -0.25) is 9.59 Å². The van der Waals surface area contributed by atoms with E-state index in [1.165, 1.54) is 0 Å². The van der Waals surface area contributed by atoms with Crippen molar-refractivity contribution >= 4 is 11.9 Å². The topological polar surface area (TPSA) is 72.8 Å². The average molecular weight is 663 g/mol. The molecule has 48 heavy (non-hydrogen) atoms. The second-order valence-corrected chi connectivity index (χ2v) is 11.5. The van der Waals surface area contributed by atoms with Crippen LogP contribution in [-0.4, -0.2) is 36.4 Å². The van der Waals surface area contributed by atoms with Gasteiger partial charge < -0.3 is 14.6 Å². The highest BCUT2D eigenvalue weighted by Crippen LogP contribution is 2.08. The molecule has 0 aliphatic carbocycles. The maximum atomic E-state index is 12.1. The van der Waals surface area contributed by atoms with E-state index in [0.717, 1.165) is 103 Å². The van der Waals surface area contributed by atoms with Crippen molar-refractivity contribution in [3.63, 3.8) is 0 Å². The fourth-order valence-electron chi connectivity index (χ4n) is 4.33. The lowest BCUT2D eigenvalue weighted by molar-refractivity contribution is -0.161. The monoisotopic (exact) mass is 662 g/mol. The van der Waals surface area contributed by atoms with Crippen LogP contribution in [-0.2, 0) is 19.1 Å². The van der Waals surface area contributed by atoms with Crippen molar-refractivity contribution in [2.24, 2.45) is 0 Å². The molecule has 0 fully saturated rings. The van der Waals surface area contributed by atoms with E-state index >= 15 is 0 Å². The molecule has 0 aliphatic heterocycles. The third-order valence-electron chi connectivity index (χ3n) is 7.06. The van der Waals surface area contributed by atoms with E-state index in [4.69, 9.17) is 9.47 Å². The lowest BCUT2D eigenvalue weighted by Crippen LogP contribution is -2.28. The summed E-state index contributed by atoms with van der Waals surface area (Å²) in [4.78, 5) is 24.2. The van der Waals surface area contributed by atoms with Crippen molar-refractivity contribution in [3.8, 4) is 0 Å². The molecule has 0 aliphatic rings. The molecule has 0 unspecified atom stereocenters. The minimum Gasteiger partial charge on any atom is -0.462 e. The molecule has 0 aromatic heterocycles. The van der Waals surface area contributed by atoms with E-state index in [9.17, 15) is 14.7 Å². The van der Waals surface area contributed by atoms with Crippen molar-refractivity contribution < 1.29 is 24.2 Å². The van der Waals surface area contributed by atoms with Crippen molar-refractivity contribution in [1.82, 2.24) is 0 Å². The number of unbranched alkanes of at least 4 members (excludes halogenated alkanes) is 5. The molecule has 5 nitrogen and oxygen atoms in total. The van der Waals surface area contributed by atoms with Gasteiger partial charge in [0.2, 0.25) is 0 Å². The first-order chi connectivity index (χ1) is 23.6. The minimum absolute atomic E-state index is 0.109. The molecule has 268 valence electrons. The number of hydrogen-bond donors (Lipinski definition) is 1. The summed E-state index contributed by atoms with van der Waals surface area (Å²) < 4.78 is 10.5. The summed E-state index contributed by atoms with van der Waals surface area (Å²) in [5.74, 6) is -0.692. The summed E-state index contributed by atoms with van der Waals surface area (Å²) in [6.45, 7) is 3.81. The van der Waals surface area contributed by atoms with E-state index in [-0.39, 0.29) is 25.2 Å². The Bertz CT molecular complexity index is 1020. The molecule has 0 spiro atoms. The molecule has 1 N–H and O–H groups in total. The van der Waals surface area contributed by atoms with E-state index in [1.54, 1.807) is 0 Å². The summed E-state index contributed by atoms with van der Waals surface area (Å²) in [6, 6.07) is 0. The van der Waals surface area contributed by atoms with Crippen LogP contribution in [0, 0.1) is 0 Å². The van der Waals surface area contributed by atoms with Gasteiger partial charge in [0.15, 0.2) is 6.10 Å². The Labute approximate surface area is 293 Å². The zero-order chi connectivity index (χ0) is 35.0. The molecule has 0 aromatic rings. The van der Waals surface area contributed by atoms with Crippen molar-refractivity contribution in [2.75, 3.05) is 13.2 Å². The summed E-state index contributed by atoms with van der Waals surface area (Å²) in [6.07, 6.45) is 54.3. The summed E-state index contributed by atoms with van der Waals surface area (Å²) >= 11 is 0. The van der Waals surface area contributed by atoms with E-state index in [1.807, 2.05) is 0 Å². The molecule has 0 saturated heterocycles. The van der Waals surface area contributed by atoms with Gasteiger partial charge in [0.25, 0.3) is 0 Å². The Balaban J connectivity index is 3.76. The van der Waals surface area contributed by atoms with Crippen molar-refractivity contribution in [3.05, 3.63) is 109 Å². The third kappa shape index (κ3) is 35.4. The Morgan fingerprint density at radius 1 is 0.479 bits per heavy atom. The van der Waals surface area contributed by atoms with E-state index in [2.05, 4.69) is 123 Å². The Kier molecular flexibility index (Phi) is 35.3. The van der Waals surface area contributed by atoms with Gasteiger partial charge in [-0.25, -0.2) is 0 Å². The Morgan fingerprint density at radius 2 is 0.833 bits per heavy atom. The highest BCUT2D eigenvalue weighted by atomic mass is 16.6. The van der Waals surface area contributed by atoms with Crippen molar-refractivity contribution in [2.45, 2.75) is 136 Å². The zero-order valence-corrected chi connectivity index (χ0v) is 30.2. The summed E-state index contributed by atoms with van der Waals surface area (Å²) in [5.41, 5.74) is 0. The second-order valence-electron chi connectivity index (χ2n) is 11.5. The van der Waals surface area contributed by atoms with Crippen LogP contribution >= 0.6 is 0 Å². The number of aliphatic hydroxyl groups excluding tert-OH is 1. The molecule has 1 atom stereocenters. The maximum Gasteiger partial charge on any atom is 0.306 e. The van der Waals surface area contributed by atoms with Gasteiger partial charge in [-0.15, -0.1) is 0 Å². The van der Waals surface area contributed by atoms with Crippen LogP contribution in [0.1, 0.15) is 129 Å². The minimum atomic E-state index is -0.813. The molecule has 0 amide bonds. The Hall–Kier alpha value is -3.44. The highest BCUT2D eigenvalue weighted by Gasteiger charge is 2.15. The maximum absolute atomic E-state index is 12.1. The summed E-state index contributed by atoms with van der Waals surface area (Å²) in [7, 11) is 0. The van der Waals surface area contributed by atoms with Gasteiger partial charge in [-0.2, -0.15) is 0 Å². The number of allylic oxidation sites excluding steroid dienone is 18. The predicted octanol–water partition coefficient (Wildman–Crippen LogP) is 11.5. The number of hydrogen-bond acceptors (Lipinski definition) is 5. The first-order valence-electron chi connectivity index (χ1n) is 18.4. The van der Waals surface area contributed by atoms with Gasteiger partial charge in [-0.1, -0.05) is 130 Å². The first-order valence-corrected chi connectivity index (χ1v) is 18.4. The van der Waals surface area contributed by atoms with Crippen LogP contribution in [0.4, 0.5) is 0 Å². The molecule has 0 bridgehead atoms. The first kappa shape index (κ1) is 44.6. The number of carbonyl (C=O) groups excluding carboxylic acids is 2. The van der Waals surface area contributed by atoms with Gasteiger partial charge in [0.05, 0.1) is 6.61 Å². The lowest BCUT2D eigenvalue weighted by atomic mass is 10.1. The Morgan fingerprint density at radius 3 is 1.25 bits per heavy atom. The molecular weight excluding hydrogens is 596 g/mol. The number of esters is 2. The fourth-order valence-corrected chi connectivity index (χ4v) is 4.33. The van der Waals surface area contributed by atoms with Gasteiger partial charge in [0, 0.05) is 12.8 Å². The SMILES string of the molecule is CC/C=C/C/C=C/C/C=C/C/C=C/C/C=C/CCCCCC(=O)O[C@@H](CO)COC(=O)CCCC/C=C/C/C=C/C/C=C/C/C=C/CC. The van der Waals surface area contributed by atoms with Crippen LogP contribution in [0.15, 0.2) is 109 Å². The standard InChI is InChI=1S/C43H66O5/c1-3-5-7-9-11-13-15-17-19-20-21-22-24-26-28-30-32-34-36-38-43(46)48-41(39-44)40-47-42(45)37-35-33-31-29-27-25-23-18-16-14-12-10-8-6-4-2/h5-8,11-14,17-19,21-23,26-29,41,44H,3-4,9-10,15-16,20,24-25,30-40H2,1-2H3/b7-5+,8-6+,13-11+,14-12+,19-17+,22-21+,23-18+,28-26+,29-27+/t41-/m0/s1. The average Bonchev–Trinajstić information content (AvgIpc) is 3.09. The normalized spacial score (nSPS) is 13.5. The number of aliphatic hydroxyl groups is 1. The number of rotatable bonds is 31. The molecule has 0 saturated carbocycles. The van der Waals surface area contributed by atoms with Crippen LogP contribution in [0.2, 0.25) is 0 Å². The predicted molar refractivity (Wildman–Crippen MR) is 205 cm³/mol. The quantitative estimate of drug-likeness (QED) is 0.0454. The summed E-state index contributed by atoms with van der Waals surface area (Å²) in [5, 5.41) is 9.53. The number of ether oxygens (including phenoxy) is 2. The van der Waals surface area contributed by atoms with Crippen LogP contribution in [0.5, 0.6) is 0 Å². The van der Waals surface area contributed by atoms with Gasteiger partial charge in [0.1, 0.15) is 6.61 Å². The molecule has 0 radical (unpaired) electrons. The largest absolute Gasteiger partial charge is 0.462 e. The second kappa shape index (κ2) is 38.0. The van der Waals surface area contributed by atoms with Crippen molar-refractivity contribution in [1.29, 1.82) is 0 Å². The highest BCUT2D eigenvalue weighted by molar-refractivity contribution is 5.70. The number of carbonyl (C=O) groups is 2. The van der Waals surface area contributed by atoms with Gasteiger partial charge in [-0.05, 0) is 96.3 Å². The van der Waals surface area contributed by atoms with E-state index < -0.39 is 6.10 Å². The fraction of sp³-hybridized carbons (Fsp3) is 0.535. The van der Waals surface area contributed by atoms with Crippen LogP contribution < -0.4 is 0 Å². The molecule has 0 heterocycles. The lowest BCUT2D eigenvalue weighted by Gasteiger charge is -2.15. The molecule has 0 aromatic carbocycles. The smallest absolute Gasteiger partial charge is 0.306 e. The molecule has 5 heteroatoms. The molecule has 0 rings (SSSR count). The van der Waals surface area contributed by atoms with Crippen LogP contribution in [0.3, 0.4) is 0 Å². The molecular formula is C43H66O5. The van der Waals surface area contributed by atoms with Gasteiger partial charge >= 0.3 is 11.9 Å². The van der Waals surface area contributed by atoms with E-state index in [0.29, 0.717) is 12.8 Å². The zero-order valence-electron chi connectivity index (χ0n) is 30.2.